The quantitative estimate of drug-likeness (QED) is 0.824. The summed E-state index contributed by atoms with van der Waals surface area (Å²) in [6.07, 6.45) is 6.51. The van der Waals surface area contributed by atoms with Crippen molar-refractivity contribution in [3.63, 3.8) is 0 Å². The fraction of sp³-hybridized carbons (Fsp3) is 0.438. The molecule has 1 aliphatic rings. The Morgan fingerprint density at radius 3 is 2.24 bits per heavy atom. The number of rotatable bonds is 2. The zero-order valence-corrected chi connectivity index (χ0v) is 12.6. The first-order valence-corrected chi connectivity index (χ1v) is 8.16. The van der Waals surface area contributed by atoms with Crippen molar-refractivity contribution in [3.05, 3.63) is 40.2 Å². The number of benzene rings is 1. The Morgan fingerprint density at radius 2 is 1.62 bits per heavy atom. The van der Waals surface area contributed by atoms with Gasteiger partial charge in [-0.05, 0) is 25.0 Å². The maximum atomic E-state index is 13.3. The predicted octanol–water partition coefficient (Wildman–Crippen LogP) is 4.60. The van der Waals surface area contributed by atoms with Gasteiger partial charge in [-0.15, -0.1) is 11.3 Å². The zero-order valence-electron chi connectivity index (χ0n) is 11.7. The minimum Gasteiger partial charge on any atom is -0.319 e. The SMILES string of the molecule is NC1(c2nc(-c3cc(F)cc(F)c3)cs2)CCCCCC1. The Hall–Kier alpha value is -1.33. The van der Waals surface area contributed by atoms with Gasteiger partial charge in [0.25, 0.3) is 0 Å². The Bertz CT molecular complexity index is 611. The molecule has 2 nitrogen and oxygen atoms in total. The van der Waals surface area contributed by atoms with E-state index in [0.717, 1.165) is 36.8 Å². The maximum absolute atomic E-state index is 13.3. The number of aromatic nitrogens is 1. The second-order valence-corrected chi connectivity index (χ2v) is 6.62. The van der Waals surface area contributed by atoms with Gasteiger partial charge in [-0.3, -0.25) is 0 Å². The summed E-state index contributed by atoms with van der Waals surface area (Å²) in [4.78, 5) is 4.56. The zero-order chi connectivity index (χ0) is 14.9. The normalized spacial score (nSPS) is 18.4. The highest BCUT2D eigenvalue weighted by Crippen LogP contribution is 2.37. The fourth-order valence-corrected chi connectivity index (χ4v) is 3.91. The molecule has 1 heterocycles. The van der Waals surface area contributed by atoms with Crippen LogP contribution >= 0.6 is 11.3 Å². The van der Waals surface area contributed by atoms with Crippen LogP contribution in [0.4, 0.5) is 8.78 Å². The van der Waals surface area contributed by atoms with Gasteiger partial charge in [0.05, 0.1) is 11.2 Å². The van der Waals surface area contributed by atoms with E-state index in [1.54, 1.807) is 0 Å². The number of nitrogens with two attached hydrogens (primary N) is 1. The lowest BCUT2D eigenvalue weighted by Gasteiger charge is -2.25. The molecule has 0 bridgehead atoms. The predicted molar refractivity (Wildman–Crippen MR) is 81.0 cm³/mol. The first kappa shape index (κ1) is 14.6. The highest BCUT2D eigenvalue weighted by molar-refractivity contribution is 7.10. The van der Waals surface area contributed by atoms with Crippen LogP contribution in [0.5, 0.6) is 0 Å². The lowest BCUT2D eigenvalue weighted by atomic mass is 9.92. The third-order valence-electron chi connectivity index (χ3n) is 4.08. The largest absolute Gasteiger partial charge is 0.319 e. The van der Waals surface area contributed by atoms with E-state index in [-0.39, 0.29) is 5.54 Å². The summed E-state index contributed by atoms with van der Waals surface area (Å²) >= 11 is 1.49. The lowest BCUT2D eigenvalue weighted by molar-refractivity contribution is 0.384. The van der Waals surface area contributed by atoms with Crippen molar-refractivity contribution < 1.29 is 8.78 Å². The minimum absolute atomic E-state index is 0.384. The molecule has 3 rings (SSSR count). The summed E-state index contributed by atoms with van der Waals surface area (Å²) in [6.45, 7) is 0. The lowest BCUT2D eigenvalue weighted by Crippen LogP contribution is -2.35. The van der Waals surface area contributed by atoms with Crippen molar-refractivity contribution in [2.75, 3.05) is 0 Å². The third kappa shape index (κ3) is 3.14. The van der Waals surface area contributed by atoms with Crippen molar-refractivity contribution in [2.45, 2.75) is 44.1 Å². The molecule has 0 saturated heterocycles. The monoisotopic (exact) mass is 308 g/mol. The average Bonchev–Trinajstić information content (AvgIpc) is 2.83. The summed E-state index contributed by atoms with van der Waals surface area (Å²) < 4.78 is 26.6. The Morgan fingerprint density at radius 1 is 1.00 bits per heavy atom. The summed E-state index contributed by atoms with van der Waals surface area (Å²) in [5, 5.41) is 2.72. The Balaban J connectivity index is 1.92. The summed E-state index contributed by atoms with van der Waals surface area (Å²) in [6, 6.07) is 3.48. The number of thiazole rings is 1. The van der Waals surface area contributed by atoms with Crippen LogP contribution in [-0.2, 0) is 5.54 Å². The van der Waals surface area contributed by atoms with Crippen molar-refractivity contribution >= 4 is 11.3 Å². The molecule has 21 heavy (non-hydrogen) atoms. The van der Waals surface area contributed by atoms with Crippen LogP contribution in [0.3, 0.4) is 0 Å². The van der Waals surface area contributed by atoms with Crippen molar-refractivity contribution in [1.29, 1.82) is 0 Å². The van der Waals surface area contributed by atoms with Gasteiger partial charge in [-0.2, -0.15) is 0 Å². The molecule has 0 radical (unpaired) electrons. The van der Waals surface area contributed by atoms with E-state index < -0.39 is 11.6 Å². The van der Waals surface area contributed by atoms with Gasteiger partial charge in [-0.25, -0.2) is 13.8 Å². The smallest absolute Gasteiger partial charge is 0.126 e. The first-order chi connectivity index (χ1) is 10.1. The Labute approximate surface area is 127 Å². The number of nitrogens with zero attached hydrogens (tertiary/aromatic N) is 1. The van der Waals surface area contributed by atoms with E-state index in [1.807, 2.05) is 5.38 Å². The standard InChI is InChI=1S/C16H18F2N2S/c17-12-7-11(8-13(18)9-12)14-10-21-15(20-14)16(19)5-3-1-2-4-6-16/h7-10H,1-6,19H2. The molecule has 0 amide bonds. The van der Waals surface area contributed by atoms with E-state index in [2.05, 4.69) is 4.98 Å². The molecule has 1 aromatic heterocycles. The third-order valence-corrected chi connectivity index (χ3v) is 5.15. The summed E-state index contributed by atoms with van der Waals surface area (Å²) in [5.41, 5.74) is 7.21. The number of halogens is 2. The molecule has 1 fully saturated rings. The molecule has 2 aromatic rings. The van der Waals surface area contributed by atoms with Gasteiger partial charge in [0.1, 0.15) is 16.6 Å². The molecular weight excluding hydrogens is 290 g/mol. The molecule has 0 aliphatic heterocycles. The second kappa shape index (κ2) is 5.81. The first-order valence-electron chi connectivity index (χ1n) is 7.28. The molecule has 0 unspecified atom stereocenters. The minimum atomic E-state index is -0.587. The van der Waals surface area contributed by atoms with E-state index in [4.69, 9.17) is 5.73 Å². The molecule has 0 atom stereocenters. The summed E-state index contributed by atoms with van der Waals surface area (Å²) in [7, 11) is 0. The van der Waals surface area contributed by atoms with Crippen molar-refractivity contribution in [3.8, 4) is 11.3 Å². The summed E-state index contributed by atoms with van der Waals surface area (Å²) in [5.74, 6) is -1.17. The van der Waals surface area contributed by atoms with Crippen LogP contribution < -0.4 is 5.73 Å². The molecule has 1 saturated carbocycles. The molecule has 2 N–H and O–H groups in total. The molecule has 0 spiro atoms. The molecule has 5 heteroatoms. The van der Waals surface area contributed by atoms with Gasteiger partial charge in [0.15, 0.2) is 0 Å². The van der Waals surface area contributed by atoms with Gasteiger partial charge in [0, 0.05) is 17.0 Å². The topological polar surface area (TPSA) is 38.9 Å². The van der Waals surface area contributed by atoms with Crippen LogP contribution in [0.15, 0.2) is 23.6 Å². The molecule has 1 aromatic carbocycles. The molecule has 1 aliphatic carbocycles. The maximum Gasteiger partial charge on any atom is 0.126 e. The highest BCUT2D eigenvalue weighted by Gasteiger charge is 2.31. The molecule has 112 valence electrons. The van der Waals surface area contributed by atoms with Gasteiger partial charge in [-0.1, -0.05) is 25.7 Å². The van der Waals surface area contributed by atoms with E-state index in [0.29, 0.717) is 11.3 Å². The van der Waals surface area contributed by atoms with E-state index in [1.165, 1.54) is 36.3 Å². The average molecular weight is 308 g/mol. The highest BCUT2D eigenvalue weighted by atomic mass is 32.1. The van der Waals surface area contributed by atoms with Gasteiger partial charge >= 0.3 is 0 Å². The van der Waals surface area contributed by atoms with Crippen LogP contribution in [0.2, 0.25) is 0 Å². The van der Waals surface area contributed by atoms with Crippen LogP contribution in [-0.4, -0.2) is 4.98 Å². The fourth-order valence-electron chi connectivity index (χ4n) is 2.91. The van der Waals surface area contributed by atoms with Crippen LogP contribution in [0, 0.1) is 11.6 Å². The van der Waals surface area contributed by atoms with E-state index in [9.17, 15) is 8.78 Å². The van der Waals surface area contributed by atoms with Crippen molar-refractivity contribution in [1.82, 2.24) is 4.98 Å². The van der Waals surface area contributed by atoms with Crippen molar-refractivity contribution in [2.24, 2.45) is 5.73 Å². The second-order valence-electron chi connectivity index (χ2n) is 5.77. The van der Waals surface area contributed by atoms with Gasteiger partial charge < -0.3 is 5.73 Å². The number of hydrogen-bond acceptors (Lipinski definition) is 3. The number of hydrogen-bond donors (Lipinski definition) is 1. The van der Waals surface area contributed by atoms with Crippen LogP contribution in [0.25, 0.3) is 11.3 Å². The Kier molecular flexibility index (Phi) is 4.04. The van der Waals surface area contributed by atoms with Gasteiger partial charge in [0.2, 0.25) is 0 Å². The van der Waals surface area contributed by atoms with E-state index >= 15 is 0 Å². The van der Waals surface area contributed by atoms with Crippen LogP contribution in [0.1, 0.15) is 43.5 Å². The molecular formula is C16H18F2N2S.